The number of hydrogen-bond donors (Lipinski definition) is 4. The van der Waals surface area contributed by atoms with E-state index in [4.69, 9.17) is 0 Å². The summed E-state index contributed by atoms with van der Waals surface area (Å²) in [5, 5.41) is 23.8. The second-order valence-corrected chi connectivity index (χ2v) is 5.14. The largest absolute Gasteiger partial charge is 0.508 e. The van der Waals surface area contributed by atoms with Crippen LogP contribution in [0.2, 0.25) is 0 Å². The summed E-state index contributed by atoms with van der Waals surface area (Å²) in [5.74, 6) is -0.250. The maximum absolute atomic E-state index is 11.8. The van der Waals surface area contributed by atoms with Crippen LogP contribution in [-0.4, -0.2) is 16.2 Å². The third-order valence-corrected chi connectivity index (χ3v) is 3.47. The SMILES string of the molecule is Cc1cc(NC(=O)Nc2cc(O)cc(O)c2)ccc1Br. The number of carbonyl (C=O) groups is 1. The zero-order valence-electron chi connectivity index (χ0n) is 10.6. The number of phenols is 2. The van der Waals surface area contributed by atoms with Gasteiger partial charge in [0.2, 0.25) is 0 Å². The standard InChI is InChI=1S/C14H13BrN2O3/c1-8-4-9(2-3-13(8)15)16-14(20)17-10-5-11(18)7-12(19)6-10/h2-7,18-19H,1H3,(H2,16,17,20). The number of phenolic OH excluding ortho intramolecular Hbond substituents is 2. The van der Waals surface area contributed by atoms with Gasteiger partial charge in [0, 0.05) is 34.0 Å². The lowest BCUT2D eigenvalue weighted by Gasteiger charge is -2.09. The fourth-order valence-electron chi connectivity index (χ4n) is 1.68. The van der Waals surface area contributed by atoms with Crippen LogP contribution in [0.5, 0.6) is 11.5 Å². The average Bonchev–Trinajstić information content (AvgIpc) is 2.32. The zero-order chi connectivity index (χ0) is 14.7. The molecule has 0 saturated heterocycles. The first-order chi connectivity index (χ1) is 9.44. The maximum Gasteiger partial charge on any atom is 0.323 e. The Labute approximate surface area is 124 Å². The van der Waals surface area contributed by atoms with Crippen molar-refractivity contribution in [3.8, 4) is 11.5 Å². The van der Waals surface area contributed by atoms with Gasteiger partial charge in [0.25, 0.3) is 0 Å². The van der Waals surface area contributed by atoms with Gasteiger partial charge < -0.3 is 20.8 Å². The number of carbonyl (C=O) groups excluding carboxylic acids is 1. The topological polar surface area (TPSA) is 81.6 Å². The molecule has 5 nitrogen and oxygen atoms in total. The van der Waals surface area contributed by atoms with Gasteiger partial charge >= 0.3 is 6.03 Å². The van der Waals surface area contributed by atoms with Crippen LogP contribution in [0.15, 0.2) is 40.9 Å². The smallest absolute Gasteiger partial charge is 0.323 e. The Hall–Kier alpha value is -2.21. The molecule has 2 aromatic carbocycles. The van der Waals surface area contributed by atoms with Crippen LogP contribution < -0.4 is 10.6 Å². The zero-order valence-corrected chi connectivity index (χ0v) is 12.2. The fourth-order valence-corrected chi connectivity index (χ4v) is 1.93. The van der Waals surface area contributed by atoms with E-state index in [0.717, 1.165) is 10.0 Å². The number of amides is 2. The molecule has 4 N–H and O–H groups in total. The van der Waals surface area contributed by atoms with Crippen LogP contribution in [0, 0.1) is 6.92 Å². The molecule has 0 spiro atoms. The first-order valence-corrected chi connectivity index (χ1v) is 6.60. The number of benzene rings is 2. The number of aromatic hydroxyl groups is 2. The van der Waals surface area contributed by atoms with Crippen LogP contribution in [0.3, 0.4) is 0 Å². The highest BCUT2D eigenvalue weighted by Crippen LogP contribution is 2.24. The van der Waals surface area contributed by atoms with E-state index in [-0.39, 0.29) is 11.5 Å². The van der Waals surface area contributed by atoms with E-state index in [9.17, 15) is 15.0 Å². The molecule has 0 aromatic heterocycles. The molecule has 0 unspecified atom stereocenters. The van der Waals surface area contributed by atoms with Gasteiger partial charge in [-0.25, -0.2) is 4.79 Å². The van der Waals surface area contributed by atoms with Gasteiger partial charge in [-0.1, -0.05) is 15.9 Å². The van der Waals surface area contributed by atoms with Gasteiger partial charge in [0.1, 0.15) is 11.5 Å². The Morgan fingerprint density at radius 1 is 1.00 bits per heavy atom. The molecule has 0 heterocycles. The molecule has 2 rings (SSSR count). The normalized spacial score (nSPS) is 10.1. The highest BCUT2D eigenvalue weighted by atomic mass is 79.9. The lowest BCUT2D eigenvalue weighted by atomic mass is 10.2. The number of rotatable bonds is 2. The number of urea groups is 1. The van der Waals surface area contributed by atoms with Crippen molar-refractivity contribution < 1.29 is 15.0 Å². The van der Waals surface area contributed by atoms with Crippen LogP contribution >= 0.6 is 15.9 Å². The highest BCUT2D eigenvalue weighted by Gasteiger charge is 2.06. The Kier molecular flexibility index (Phi) is 4.14. The quantitative estimate of drug-likeness (QED) is 0.673. The molecule has 0 radical (unpaired) electrons. The van der Waals surface area contributed by atoms with Crippen molar-refractivity contribution in [2.24, 2.45) is 0 Å². The van der Waals surface area contributed by atoms with E-state index in [1.54, 1.807) is 6.07 Å². The molecule has 2 amide bonds. The number of anilines is 2. The van der Waals surface area contributed by atoms with Crippen molar-refractivity contribution in [1.29, 1.82) is 0 Å². The summed E-state index contributed by atoms with van der Waals surface area (Å²) in [6.45, 7) is 1.92. The number of hydrogen-bond acceptors (Lipinski definition) is 3. The van der Waals surface area contributed by atoms with E-state index in [2.05, 4.69) is 26.6 Å². The third kappa shape index (κ3) is 3.64. The summed E-state index contributed by atoms with van der Waals surface area (Å²) in [6, 6.07) is 8.82. The predicted molar refractivity (Wildman–Crippen MR) is 81.3 cm³/mol. The predicted octanol–water partition coefficient (Wildman–Crippen LogP) is 3.81. The summed E-state index contributed by atoms with van der Waals surface area (Å²) in [7, 11) is 0. The van der Waals surface area contributed by atoms with Crippen molar-refractivity contribution in [1.82, 2.24) is 0 Å². The van der Waals surface area contributed by atoms with Crippen molar-refractivity contribution in [2.45, 2.75) is 6.92 Å². The third-order valence-electron chi connectivity index (χ3n) is 2.58. The second-order valence-electron chi connectivity index (χ2n) is 4.28. The Balaban J connectivity index is 2.06. The molecule has 6 heteroatoms. The van der Waals surface area contributed by atoms with Gasteiger partial charge in [0.15, 0.2) is 0 Å². The molecule has 0 aliphatic carbocycles. The van der Waals surface area contributed by atoms with E-state index < -0.39 is 6.03 Å². The minimum Gasteiger partial charge on any atom is -0.508 e. The molecule has 0 bridgehead atoms. The molecule has 0 fully saturated rings. The number of halogens is 1. The monoisotopic (exact) mass is 336 g/mol. The Bertz CT molecular complexity index is 639. The highest BCUT2D eigenvalue weighted by molar-refractivity contribution is 9.10. The van der Waals surface area contributed by atoms with Gasteiger partial charge in [-0.05, 0) is 30.7 Å². The maximum atomic E-state index is 11.8. The molecule has 2 aromatic rings. The van der Waals surface area contributed by atoms with Gasteiger partial charge in [-0.15, -0.1) is 0 Å². The minimum atomic E-state index is -0.461. The number of aryl methyl sites for hydroxylation is 1. The van der Waals surface area contributed by atoms with Crippen LogP contribution in [0.25, 0.3) is 0 Å². The molecule has 104 valence electrons. The lowest BCUT2D eigenvalue weighted by molar-refractivity contribution is 0.262. The van der Waals surface area contributed by atoms with Gasteiger partial charge in [-0.2, -0.15) is 0 Å². The minimum absolute atomic E-state index is 0.125. The fraction of sp³-hybridized carbons (Fsp3) is 0.0714. The Morgan fingerprint density at radius 2 is 1.60 bits per heavy atom. The van der Waals surface area contributed by atoms with Crippen molar-refractivity contribution in [2.75, 3.05) is 10.6 Å². The van der Waals surface area contributed by atoms with Crippen LogP contribution in [0.4, 0.5) is 16.2 Å². The summed E-state index contributed by atoms with van der Waals surface area (Å²) < 4.78 is 0.960. The molecule has 0 atom stereocenters. The summed E-state index contributed by atoms with van der Waals surface area (Å²) in [6.07, 6.45) is 0. The lowest BCUT2D eigenvalue weighted by Crippen LogP contribution is -2.19. The van der Waals surface area contributed by atoms with Gasteiger partial charge in [-0.3, -0.25) is 0 Å². The first-order valence-electron chi connectivity index (χ1n) is 5.81. The van der Waals surface area contributed by atoms with Crippen molar-refractivity contribution in [3.63, 3.8) is 0 Å². The van der Waals surface area contributed by atoms with E-state index in [0.29, 0.717) is 11.4 Å². The molecular weight excluding hydrogens is 324 g/mol. The first kappa shape index (κ1) is 14.2. The molecule has 0 aliphatic heterocycles. The van der Waals surface area contributed by atoms with E-state index >= 15 is 0 Å². The molecule has 20 heavy (non-hydrogen) atoms. The molecular formula is C14H13BrN2O3. The molecule has 0 aliphatic rings. The van der Waals surface area contributed by atoms with Crippen molar-refractivity contribution >= 4 is 33.3 Å². The van der Waals surface area contributed by atoms with Crippen LogP contribution in [-0.2, 0) is 0 Å². The Morgan fingerprint density at radius 3 is 2.20 bits per heavy atom. The van der Waals surface area contributed by atoms with E-state index in [1.807, 2.05) is 19.1 Å². The average molecular weight is 337 g/mol. The summed E-state index contributed by atoms with van der Waals surface area (Å²) in [5.41, 5.74) is 1.94. The van der Waals surface area contributed by atoms with E-state index in [1.165, 1.54) is 18.2 Å². The van der Waals surface area contributed by atoms with Crippen LogP contribution in [0.1, 0.15) is 5.56 Å². The van der Waals surface area contributed by atoms with Crippen molar-refractivity contribution in [3.05, 3.63) is 46.4 Å². The molecule has 0 saturated carbocycles. The van der Waals surface area contributed by atoms with Gasteiger partial charge in [0.05, 0.1) is 0 Å². The number of nitrogens with one attached hydrogen (secondary N) is 2. The second kappa shape index (κ2) is 5.83. The summed E-state index contributed by atoms with van der Waals surface area (Å²) in [4.78, 5) is 11.8. The summed E-state index contributed by atoms with van der Waals surface area (Å²) >= 11 is 3.38.